The second-order valence-corrected chi connectivity index (χ2v) is 7.30. The third-order valence-corrected chi connectivity index (χ3v) is 5.38. The maximum atomic E-state index is 14.7. The van der Waals surface area contributed by atoms with Crippen molar-refractivity contribution in [3.05, 3.63) is 47.9 Å². The van der Waals surface area contributed by atoms with E-state index in [0.29, 0.717) is 18.7 Å². The number of aromatic amines is 1. The molecule has 0 saturated carbocycles. The molecule has 2 aromatic heterocycles. The molecule has 148 valence electrons. The normalized spacial score (nSPS) is 16.5. The number of alkyl halides is 2. The maximum Gasteiger partial charge on any atom is 0.285 e. The number of aromatic nitrogens is 4. The van der Waals surface area contributed by atoms with Crippen molar-refractivity contribution >= 4 is 16.9 Å². The van der Waals surface area contributed by atoms with Crippen molar-refractivity contribution in [1.82, 2.24) is 25.1 Å². The van der Waals surface area contributed by atoms with Crippen LogP contribution in [0, 0.1) is 0 Å². The van der Waals surface area contributed by atoms with Crippen LogP contribution in [-0.4, -0.2) is 50.7 Å². The summed E-state index contributed by atoms with van der Waals surface area (Å²) in [4.78, 5) is 10.3. The minimum Gasteiger partial charge on any atom is -0.367 e. The number of aryl methyl sites for hydroxylation is 1. The molecule has 2 N–H and O–H groups in total. The minimum atomic E-state index is -2.85. The number of halogens is 2. The van der Waals surface area contributed by atoms with Crippen molar-refractivity contribution < 1.29 is 8.78 Å². The van der Waals surface area contributed by atoms with Crippen LogP contribution in [0.15, 0.2) is 36.8 Å². The molecule has 0 amide bonds. The van der Waals surface area contributed by atoms with E-state index in [0.717, 1.165) is 36.0 Å². The molecule has 0 radical (unpaired) electrons. The van der Waals surface area contributed by atoms with E-state index in [1.165, 1.54) is 6.33 Å². The van der Waals surface area contributed by atoms with E-state index in [1.807, 2.05) is 11.8 Å². The summed E-state index contributed by atoms with van der Waals surface area (Å²) in [7, 11) is 0. The Kier molecular flexibility index (Phi) is 5.21. The smallest absolute Gasteiger partial charge is 0.285 e. The molecule has 6 nitrogen and oxygen atoms in total. The molecule has 1 aliphatic rings. The van der Waals surface area contributed by atoms with E-state index >= 15 is 0 Å². The van der Waals surface area contributed by atoms with Gasteiger partial charge >= 0.3 is 0 Å². The van der Waals surface area contributed by atoms with Gasteiger partial charge in [-0.2, -0.15) is 13.9 Å². The lowest BCUT2D eigenvalue weighted by molar-refractivity contribution is -0.0421. The van der Waals surface area contributed by atoms with Crippen molar-refractivity contribution in [1.29, 1.82) is 0 Å². The summed E-state index contributed by atoms with van der Waals surface area (Å²) < 4.78 is 29.3. The zero-order valence-corrected chi connectivity index (χ0v) is 15.8. The van der Waals surface area contributed by atoms with Crippen LogP contribution in [0.25, 0.3) is 11.0 Å². The van der Waals surface area contributed by atoms with Crippen molar-refractivity contribution in [3.8, 4) is 0 Å². The Morgan fingerprint density at radius 1 is 1.18 bits per heavy atom. The lowest BCUT2D eigenvalue weighted by Gasteiger charge is -2.34. The summed E-state index contributed by atoms with van der Waals surface area (Å²) in [6.45, 7) is 3.02. The molecule has 1 aliphatic heterocycles. The fourth-order valence-corrected chi connectivity index (χ4v) is 3.67. The number of hydrogen-bond acceptors (Lipinski definition) is 5. The average molecular weight is 386 g/mol. The van der Waals surface area contributed by atoms with Crippen LogP contribution in [0.3, 0.4) is 0 Å². The number of nitrogens with one attached hydrogen (secondary N) is 2. The van der Waals surface area contributed by atoms with E-state index in [4.69, 9.17) is 0 Å². The van der Waals surface area contributed by atoms with Gasteiger partial charge in [-0.25, -0.2) is 9.97 Å². The summed E-state index contributed by atoms with van der Waals surface area (Å²) in [6, 6.07) is 6.88. The quantitative estimate of drug-likeness (QED) is 0.678. The van der Waals surface area contributed by atoms with Crippen LogP contribution in [0.4, 0.5) is 14.6 Å². The number of fused-ring (bicyclic) bond motifs is 1. The van der Waals surface area contributed by atoms with E-state index in [2.05, 4.69) is 25.5 Å². The summed E-state index contributed by atoms with van der Waals surface area (Å²) in [6.07, 6.45) is 5.60. The van der Waals surface area contributed by atoms with Gasteiger partial charge in [0.05, 0.1) is 18.1 Å². The molecule has 8 heteroatoms. The number of rotatable bonds is 6. The Morgan fingerprint density at radius 2 is 1.93 bits per heavy atom. The van der Waals surface area contributed by atoms with Crippen molar-refractivity contribution in [3.63, 3.8) is 0 Å². The molecular weight excluding hydrogens is 362 g/mol. The van der Waals surface area contributed by atoms with Crippen molar-refractivity contribution in [2.75, 3.05) is 25.0 Å². The number of H-pyrrole nitrogens is 1. The highest BCUT2D eigenvalue weighted by molar-refractivity contribution is 5.85. The van der Waals surface area contributed by atoms with Gasteiger partial charge in [-0.05, 0) is 24.8 Å². The number of benzene rings is 1. The molecule has 28 heavy (non-hydrogen) atoms. The summed E-state index contributed by atoms with van der Waals surface area (Å²) in [5.41, 5.74) is 1.85. The van der Waals surface area contributed by atoms with E-state index < -0.39 is 5.92 Å². The first-order chi connectivity index (χ1) is 13.5. The first-order valence-electron chi connectivity index (χ1n) is 9.65. The monoisotopic (exact) mass is 386 g/mol. The zero-order valence-electron chi connectivity index (χ0n) is 15.8. The van der Waals surface area contributed by atoms with E-state index in [-0.39, 0.29) is 18.2 Å². The molecule has 4 rings (SSSR count). The van der Waals surface area contributed by atoms with Crippen LogP contribution >= 0.6 is 0 Å². The molecule has 1 fully saturated rings. The van der Waals surface area contributed by atoms with E-state index in [1.54, 1.807) is 30.5 Å². The predicted molar refractivity (Wildman–Crippen MR) is 104 cm³/mol. The molecule has 1 aromatic carbocycles. The molecule has 0 spiro atoms. The highest BCUT2D eigenvalue weighted by Crippen LogP contribution is 2.31. The van der Waals surface area contributed by atoms with Gasteiger partial charge < -0.3 is 5.32 Å². The molecule has 3 aromatic rings. The van der Waals surface area contributed by atoms with Crippen LogP contribution in [0.2, 0.25) is 0 Å². The van der Waals surface area contributed by atoms with Crippen molar-refractivity contribution in [2.45, 2.75) is 38.2 Å². The molecule has 3 heterocycles. The maximum absolute atomic E-state index is 14.7. The van der Waals surface area contributed by atoms with E-state index in [9.17, 15) is 8.78 Å². The number of piperidine rings is 1. The Labute approximate surface area is 162 Å². The van der Waals surface area contributed by atoms with Gasteiger partial charge in [-0.1, -0.05) is 31.2 Å². The van der Waals surface area contributed by atoms with Gasteiger partial charge in [-0.3, -0.25) is 10.00 Å². The van der Waals surface area contributed by atoms with Gasteiger partial charge in [0.15, 0.2) is 5.65 Å². The average Bonchev–Trinajstić information content (AvgIpc) is 3.19. The minimum absolute atomic E-state index is 0.0910. The van der Waals surface area contributed by atoms with Gasteiger partial charge in [0, 0.05) is 24.7 Å². The number of anilines is 1. The first kappa shape index (κ1) is 18.7. The van der Waals surface area contributed by atoms with Crippen molar-refractivity contribution in [2.24, 2.45) is 0 Å². The predicted octanol–water partition coefficient (Wildman–Crippen LogP) is 3.58. The highest BCUT2D eigenvalue weighted by Gasteiger charge is 2.35. The second-order valence-electron chi connectivity index (χ2n) is 7.30. The van der Waals surface area contributed by atoms with Crippen LogP contribution in [0.5, 0.6) is 0 Å². The fourth-order valence-electron chi connectivity index (χ4n) is 3.67. The zero-order chi connectivity index (χ0) is 19.6. The van der Waals surface area contributed by atoms with Crippen LogP contribution in [0.1, 0.15) is 30.9 Å². The SMILES string of the molecule is CCc1ccc(C(F)(F)CN2CCC(Nc3ncnc4[nH]ncc34)CC2)cc1. The number of nitrogens with zero attached hydrogens (tertiary/aromatic N) is 4. The summed E-state index contributed by atoms with van der Waals surface area (Å²) in [5, 5.41) is 11.1. The molecule has 0 unspecified atom stereocenters. The van der Waals surface area contributed by atoms with Crippen LogP contribution in [-0.2, 0) is 12.3 Å². The van der Waals surface area contributed by atoms with Gasteiger partial charge in [0.25, 0.3) is 5.92 Å². The molecule has 1 saturated heterocycles. The number of hydrogen-bond donors (Lipinski definition) is 2. The lowest BCUT2D eigenvalue weighted by Crippen LogP contribution is -2.43. The summed E-state index contributed by atoms with van der Waals surface area (Å²) in [5.74, 6) is -2.11. The van der Waals surface area contributed by atoms with Crippen LogP contribution < -0.4 is 5.32 Å². The summed E-state index contributed by atoms with van der Waals surface area (Å²) >= 11 is 0. The Bertz CT molecular complexity index is 916. The molecular formula is C20H24F2N6. The standard InChI is InChI=1S/C20H24F2N6/c1-2-14-3-5-15(6-4-14)20(21,22)12-28-9-7-16(8-10-28)26-18-17-11-25-27-19(17)24-13-23-18/h3-6,11,13,16H,2,7-10,12H2,1H3,(H2,23,24,25,26,27). The first-order valence-corrected chi connectivity index (χ1v) is 9.65. The lowest BCUT2D eigenvalue weighted by atomic mass is 10.0. The Hall–Kier alpha value is -2.61. The third-order valence-electron chi connectivity index (χ3n) is 5.38. The second kappa shape index (κ2) is 7.79. The van der Waals surface area contributed by atoms with Gasteiger partial charge in [0.1, 0.15) is 12.1 Å². The molecule has 0 atom stereocenters. The molecule has 0 aliphatic carbocycles. The fraction of sp³-hybridized carbons (Fsp3) is 0.450. The Balaban J connectivity index is 1.34. The Morgan fingerprint density at radius 3 is 2.64 bits per heavy atom. The topological polar surface area (TPSA) is 69.7 Å². The number of likely N-dealkylation sites (tertiary alicyclic amines) is 1. The third kappa shape index (κ3) is 3.96. The molecule has 0 bridgehead atoms. The van der Waals surface area contributed by atoms with Gasteiger partial charge in [-0.15, -0.1) is 0 Å². The highest BCUT2D eigenvalue weighted by atomic mass is 19.3. The van der Waals surface area contributed by atoms with Gasteiger partial charge in [0.2, 0.25) is 0 Å². The largest absolute Gasteiger partial charge is 0.367 e.